The van der Waals surface area contributed by atoms with Gasteiger partial charge in [-0.3, -0.25) is 0 Å². The summed E-state index contributed by atoms with van der Waals surface area (Å²) < 4.78 is 0. The number of benzene rings is 1. The van der Waals surface area contributed by atoms with Crippen LogP contribution in [-0.2, 0) is 4.84 Å². The molecular formula is C11H13NO. The maximum absolute atomic E-state index is 5.55. The molecule has 2 rings (SSSR count). The topological polar surface area (TPSA) is 12.5 Å². The molecule has 0 aromatic heterocycles. The Kier molecular flexibility index (Phi) is 2.07. The van der Waals surface area contributed by atoms with Crippen LogP contribution >= 0.6 is 0 Å². The molecule has 2 nitrogen and oxygen atoms in total. The zero-order chi connectivity index (χ0) is 9.26. The summed E-state index contributed by atoms with van der Waals surface area (Å²) in [5.41, 5.74) is 1.14. The van der Waals surface area contributed by atoms with E-state index in [1.165, 1.54) is 0 Å². The summed E-state index contributed by atoms with van der Waals surface area (Å²) in [6, 6.07) is 10.5. The molecule has 0 unspecified atom stereocenters. The summed E-state index contributed by atoms with van der Waals surface area (Å²) in [6.45, 7) is 2.11. The lowest BCUT2D eigenvalue weighted by Gasteiger charge is -2.13. The molecule has 0 bridgehead atoms. The van der Waals surface area contributed by atoms with E-state index in [4.69, 9.17) is 4.84 Å². The van der Waals surface area contributed by atoms with Crippen molar-refractivity contribution in [3.05, 3.63) is 42.0 Å². The number of hydroxylamine groups is 2. The Morgan fingerprint density at radius 2 is 1.92 bits per heavy atom. The number of likely N-dealkylation sites (N-methyl/N-ethyl adjacent to an activating group) is 1. The smallest absolute Gasteiger partial charge is 0.152 e. The summed E-state index contributed by atoms with van der Waals surface area (Å²) in [6.07, 6.45) is 2.12. The van der Waals surface area contributed by atoms with Gasteiger partial charge in [0.15, 0.2) is 5.76 Å². The Bertz CT molecular complexity index is 318. The van der Waals surface area contributed by atoms with Crippen molar-refractivity contribution in [2.45, 2.75) is 13.0 Å². The molecule has 0 radical (unpaired) electrons. The van der Waals surface area contributed by atoms with Crippen LogP contribution in [0.3, 0.4) is 0 Å². The van der Waals surface area contributed by atoms with Crippen molar-refractivity contribution < 1.29 is 4.84 Å². The van der Waals surface area contributed by atoms with Gasteiger partial charge in [0.2, 0.25) is 0 Å². The third kappa shape index (κ3) is 1.58. The van der Waals surface area contributed by atoms with Crippen molar-refractivity contribution in [2.75, 3.05) is 7.05 Å². The van der Waals surface area contributed by atoms with E-state index in [1.807, 2.05) is 30.3 Å². The molecule has 0 fully saturated rings. The number of hydrogen-bond donors (Lipinski definition) is 0. The first-order valence-electron chi connectivity index (χ1n) is 4.45. The number of rotatable bonds is 1. The fourth-order valence-electron chi connectivity index (χ4n) is 1.34. The first kappa shape index (κ1) is 8.32. The van der Waals surface area contributed by atoms with Crippen molar-refractivity contribution in [1.29, 1.82) is 0 Å². The van der Waals surface area contributed by atoms with Crippen molar-refractivity contribution in [1.82, 2.24) is 5.06 Å². The molecule has 0 saturated heterocycles. The second-order valence-corrected chi connectivity index (χ2v) is 3.28. The minimum Gasteiger partial charge on any atom is -0.405 e. The van der Waals surface area contributed by atoms with Gasteiger partial charge in [-0.05, 0) is 13.0 Å². The number of hydrogen-bond acceptors (Lipinski definition) is 2. The summed E-state index contributed by atoms with van der Waals surface area (Å²) >= 11 is 0. The van der Waals surface area contributed by atoms with Crippen LogP contribution in [0.2, 0.25) is 0 Å². The lowest BCUT2D eigenvalue weighted by atomic mass is 10.1. The molecule has 1 aliphatic heterocycles. The molecule has 1 aliphatic rings. The molecule has 1 atom stereocenters. The van der Waals surface area contributed by atoms with Crippen LogP contribution < -0.4 is 0 Å². The van der Waals surface area contributed by atoms with E-state index < -0.39 is 0 Å². The lowest BCUT2D eigenvalue weighted by molar-refractivity contribution is -0.0604. The Labute approximate surface area is 78.4 Å². The molecule has 2 heteroatoms. The minimum absolute atomic E-state index is 0.357. The Morgan fingerprint density at radius 3 is 2.46 bits per heavy atom. The van der Waals surface area contributed by atoms with E-state index in [0.717, 1.165) is 11.3 Å². The van der Waals surface area contributed by atoms with Gasteiger partial charge in [-0.25, -0.2) is 0 Å². The summed E-state index contributed by atoms with van der Waals surface area (Å²) in [7, 11) is 1.94. The van der Waals surface area contributed by atoms with Crippen LogP contribution in [0.1, 0.15) is 12.5 Å². The first-order chi connectivity index (χ1) is 6.27. The van der Waals surface area contributed by atoms with Crippen molar-refractivity contribution in [3.8, 4) is 0 Å². The summed E-state index contributed by atoms with van der Waals surface area (Å²) in [5.74, 6) is 0.954. The van der Waals surface area contributed by atoms with Gasteiger partial charge < -0.3 is 4.84 Å². The van der Waals surface area contributed by atoms with Gasteiger partial charge in [-0.2, -0.15) is 0 Å². The van der Waals surface area contributed by atoms with Gasteiger partial charge >= 0.3 is 0 Å². The standard InChI is InChI=1S/C11H13NO/c1-9-8-11(13-12(9)2)10-6-4-3-5-7-10/h3-9H,1-2H3/t9-/m1/s1. The molecule has 0 N–H and O–H groups in total. The van der Waals surface area contributed by atoms with E-state index >= 15 is 0 Å². The Morgan fingerprint density at radius 1 is 1.23 bits per heavy atom. The van der Waals surface area contributed by atoms with E-state index in [9.17, 15) is 0 Å². The second-order valence-electron chi connectivity index (χ2n) is 3.28. The molecule has 0 spiro atoms. The highest BCUT2D eigenvalue weighted by molar-refractivity contribution is 5.61. The van der Waals surface area contributed by atoms with E-state index in [2.05, 4.69) is 25.1 Å². The molecule has 1 aromatic carbocycles. The highest BCUT2D eigenvalue weighted by Crippen LogP contribution is 2.24. The van der Waals surface area contributed by atoms with Crippen molar-refractivity contribution in [3.63, 3.8) is 0 Å². The van der Waals surface area contributed by atoms with Crippen LogP contribution in [0.25, 0.3) is 5.76 Å². The van der Waals surface area contributed by atoms with Crippen LogP contribution in [0.4, 0.5) is 0 Å². The van der Waals surface area contributed by atoms with Gasteiger partial charge in [0.05, 0.1) is 6.04 Å². The SMILES string of the molecule is C[C@@H]1C=C(c2ccccc2)ON1C. The largest absolute Gasteiger partial charge is 0.405 e. The van der Waals surface area contributed by atoms with Crippen LogP contribution in [-0.4, -0.2) is 18.2 Å². The van der Waals surface area contributed by atoms with E-state index in [1.54, 1.807) is 0 Å². The van der Waals surface area contributed by atoms with Gasteiger partial charge in [0, 0.05) is 12.6 Å². The molecule has 68 valence electrons. The molecular weight excluding hydrogens is 162 g/mol. The highest BCUT2D eigenvalue weighted by atomic mass is 16.7. The van der Waals surface area contributed by atoms with Crippen molar-refractivity contribution in [2.24, 2.45) is 0 Å². The van der Waals surface area contributed by atoms with E-state index in [0.29, 0.717) is 6.04 Å². The van der Waals surface area contributed by atoms with Gasteiger partial charge in [0.25, 0.3) is 0 Å². The van der Waals surface area contributed by atoms with Crippen LogP contribution in [0.5, 0.6) is 0 Å². The Balaban J connectivity index is 2.25. The fraction of sp³-hybridized carbons (Fsp3) is 0.273. The molecule has 1 aromatic rings. The number of nitrogens with zero attached hydrogens (tertiary/aromatic N) is 1. The molecule has 0 aliphatic carbocycles. The lowest BCUT2D eigenvalue weighted by Crippen LogP contribution is -2.20. The van der Waals surface area contributed by atoms with Crippen LogP contribution in [0, 0.1) is 0 Å². The predicted octanol–water partition coefficient (Wildman–Crippen LogP) is 2.29. The molecule has 1 heterocycles. The average Bonchev–Trinajstić information content (AvgIpc) is 2.49. The zero-order valence-corrected chi connectivity index (χ0v) is 7.90. The Hall–Kier alpha value is -1.28. The van der Waals surface area contributed by atoms with Gasteiger partial charge in [-0.1, -0.05) is 30.3 Å². The minimum atomic E-state index is 0.357. The molecule has 0 amide bonds. The van der Waals surface area contributed by atoms with Crippen LogP contribution in [0.15, 0.2) is 36.4 Å². The quantitative estimate of drug-likeness (QED) is 0.649. The van der Waals surface area contributed by atoms with Gasteiger partial charge in [0.1, 0.15) is 0 Å². The normalized spacial score (nSPS) is 22.6. The molecule has 0 saturated carbocycles. The monoisotopic (exact) mass is 175 g/mol. The summed E-state index contributed by atoms with van der Waals surface area (Å²) in [5, 5.41) is 1.85. The zero-order valence-electron chi connectivity index (χ0n) is 7.90. The van der Waals surface area contributed by atoms with Crippen molar-refractivity contribution >= 4 is 5.76 Å². The maximum Gasteiger partial charge on any atom is 0.152 e. The average molecular weight is 175 g/mol. The summed E-state index contributed by atoms with van der Waals surface area (Å²) in [4.78, 5) is 5.55. The fourth-order valence-corrected chi connectivity index (χ4v) is 1.34. The highest BCUT2D eigenvalue weighted by Gasteiger charge is 2.19. The second kappa shape index (κ2) is 3.23. The van der Waals surface area contributed by atoms with E-state index in [-0.39, 0.29) is 0 Å². The third-order valence-electron chi connectivity index (χ3n) is 2.27. The third-order valence-corrected chi connectivity index (χ3v) is 2.27. The van der Waals surface area contributed by atoms with Gasteiger partial charge in [-0.15, -0.1) is 5.06 Å². The predicted molar refractivity (Wildman–Crippen MR) is 52.7 cm³/mol. The molecule has 13 heavy (non-hydrogen) atoms. The first-order valence-corrected chi connectivity index (χ1v) is 4.45. The maximum atomic E-state index is 5.55.